The van der Waals surface area contributed by atoms with E-state index in [0.29, 0.717) is 12.0 Å². The molecule has 0 saturated carbocycles. The highest BCUT2D eigenvalue weighted by molar-refractivity contribution is 6.17. The Balaban J connectivity index is 3.80. The van der Waals surface area contributed by atoms with E-state index >= 15 is 0 Å². The maximum Gasteiger partial charge on any atom is 0.0634 e. The van der Waals surface area contributed by atoms with Crippen LogP contribution in [0.4, 0.5) is 0 Å². The summed E-state index contributed by atoms with van der Waals surface area (Å²) in [5.41, 5.74) is -0.0322. The molecule has 3 heteroatoms. The standard InChI is InChI=1S/C12H26ClNO/c1-10(2)11(6-8-13)14-9-7-12(3,4)15-5/h10-11,14H,6-9H2,1-5H3. The zero-order valence-corrected chi connectivity index (χ0v) is 11.5. The van der Waals surface area contributed by atoms with Gasteiger partial charge in [-0.1, -0.05) is 13.8 Å². The third-order valence-corrected chi connectivity index (χ3v) is 3.13. The highest BCUT2D eigenvalue weighted by Crippen LogP contribution is 2.13. The van der Waals surface area contributed by atoms with Crippen LogP contribution in [0.3, 0.4) is 0 Å². The van der Waals surface area contributed by atoms with Crippen molar-refractivity contribution in [2.24, 2.45) is 5.92 Å². The van der Waals surface area contributed by atoms with E-state index < -0.39 is 0 Å². The molecule has 0 aliphatic carbocycles. The van der Waals surface area contributed by atoms with Crippen LogP contribution in [0, 0.1) is 5.92 Å². The van der Waals surface area contributed by atoms with Crippen LogP contribution in [0.25, 0.3) is 0 Å². The quantitative estimate of drug-likeness (QED) is 0.653. The number of ether oxygens (including phenoxy) is 1. The van der Waals surface area contributed by atoms with Gasteiger partial charge in [0, 0.05) is 19.0 Å². The van der Waals surface area contributed by atoms with Gasteiger partial charge in [-0.05, 0) is 39.2 Å². The average Bonchev–Trinajstić information content (AvgIpc) is 2.16. The van der Waals surface area contributed by atoms with Crippen molar-refractivity contribution in [2.75, 3.05) is 19.5 Å². The molecule has 92 valence electrons. The molecular weight excluding hydrogens is 210 g/mol. The van der Waals surface area contributed by atoms with E-state index in [1.54, 1.807) is 7.11 Å². The molecule has 0 spiro atoms. The maximum absolute atomic E-state index is 5.77. The number of halogens is 1. The molecule has 0 aromatic heterocycles. The second-order valence-corrected chi connectivity index (χ2v) is 5.37. The molecule has 2 nitrogen and oxygen atoms in total. The van der Waals surface area contributed by atoms with Gasteiger partial charge in [0.2, 0.25) is 0 Å². The zero-order chi connectivity index (χ0) is 11.9. The second-order valence-electron chi connectivity index (χ2n) is 5.00. The van der Waals surface area contributed by atoms with E-state index in [1.165, 1.54) is 0 Å². The highest BCUT2D eigenvalue weighted by atomic mass is 35.5. The summed E-state index contributed by atoms with van der Waals surface area (Å²) in [6.07, 6.45) is 2.06. The summed E-state index contributed by atoms with van der Waals surface area (Å²) in [4.78, 5) is 0. The Hall–Kier alpha value is 0.210. The van der Waals surface area contributed by atoms with E-state index in [4.69, 9.17) is 16.3 Å². The van der Waals surface area contributed by atoms with Crippen molar-refractivity contribution >= 4 is 11.6 Å². The first kappa shape index (κ1) is 15.2. The summed E-state index contributed by atoms with van der Waals surface area (Å²) in [5, 5.41) is 3.55. The van der Waals surface area contributed by atoms with Crippen molar-refractivity contribution in [3.63, 3.8) is 0 Å². The van der Waals surface area contributed by atoms with Crippen LogP contribution < -0.4 is 5.32 Å². The molecule has 1 unspecified atom stereocenters. The predicted octanol–water partition coefficient (Wildman–Crippen LogP) is 3.04. The van der Waals surface area contributed by atoms with Crippen molar-refractivity contribution < 1.29 is 4.74 Å². The minimum absolute atomic E-state index is 0.0322. The molecule has 1 atom stereocenters. The Kier molecular flexibility index (Phi) is 7.58. The van der Waals surface area contributed by atoms with Crippen LogP contribution in [0.15, 0.2) is 0 Å². The molecule has 0 aromatic rings. The van der Waals surface area contributed by atoms with Crippen LogP contribution in [0.5, 0.6) is 0 Å². The Morgan fingerprint density at radius 1 is 1.33 bits per heavy atom. The molecule has 0 amide bonds. The van der Waals surface area contributed by atoms with Crippen LogP contribution in [0.2, 0.25) is 0 Å². The fourth-order valence-electron chi connectivity index (χ4n) is 1.45. The van der Waals surface area contributed by atoms with Gasteiger partial charge in [-0.25, -0.2) is 0 Å². The first-order valence-corrected chi connectivity index (χ1v) is 6.31. The summed E-state index contributed by atoms with van der Waals surface area (Å²) in [7, 11) is 1.76. The van der Waals surface area contributed by atoms with Gasteiger partial charge in [-0.15, -0.1) is 11.6 Å². The molecule has 0 heterocycles. The van der Waals surface area contributed by atoms with Gasteiger partial charge in [0.05, 0.1) is 5.60 Å². The van der Waals surface area contributed by atoms with Gasteiger partial charge >= 0.3 is 0 Å². The number of hydrogen-bond acceptors (Lipinski definition) is 2. The SMILES string of the molecule is COC(C)(C)CCNC(CCCl)C(C)C. The number of methoxy groups -OCH3 is 1. The van der Waals surface area contributed by atoms with Crippen molar-refractivity contribution in [3.05, 3.63) is 0 Å². The van der Waals surface area contributed by atoms with Crippen LogP contribution in [-0.4, -0.2) is 31.2 Å². The lowest BCUT2D eigenvalue weighted by Gasteiger charge is -2.26. The van der Waals surface area contributed by atoms with Crippen molar-refractivity contribution in [1.82, 2.24) is 5.32 Å². The summed E-state index contributed by atoms with van der Waals surface area (Å²) >= 11 is 5.77. The third kappa shape index (κ3) is 7.15. The van der Waals surface area contributed by atoms with Gasteiger partial charge in [-0.3, -0.25) is 0 Å². The number of alkyl halides is 1. The van der Waals surface area contributed by atoms with Crippen LogP contribution in [-0.2, 0) is 4.74 Å². The fraction of sp³-hybridized carbons (Fsp3) is 1.00. The van der Waals surface area contributed by atoms with E-state index in [0.717, 1.165) is 25.3 Å². The van der Waals surface area contributed by atoms with Crippen molar-refractivity contribution in [3.8, 4) is 0 Å². The third-order valence-electron chi connectivity index (χ3n) is 2.91. The Labute approximate surface area is 99.7 Å². The first-order valence-electron chi connectivity index (χ1n) is 5.77. The lowest BCUT2D eigenvalue weighted by atomic mass is 10.0. The highest BCUT2D eigenvalue weighted by Gasteiger charge is 2.17. The molecule has 0 radical (unpaired) electrons. The Bertz CT molecular complexity index is 160. The van der Waals surface area contributed by atoms with Gasteiger partial charge < -0.3 is 10.1 Å². The van der Waals surface area contributed by atoms with E-state index in [2.05, 4.69) is 33.0 Å². The molecule has 0 aliphatic rings. The number of rotatable bonds is 8. The summed E-state index contributed by atoms with van der Waals surface area (Å²) < 4.78 is 5.37. The molecule has 1 N–H and O–H groups in total. The predicted molar refractivity (Wildman–Crippen MR) is 67.7 cm³/mol. The molecule has 0 rings (SSSR count). The molecular formula is C12H26ClNO. The molecule has 0 aromatic carbocycles. The largest absolute Gasteiger partial charge is 0.379 e. The fourth-order valence-corrected chi connectivity index (χ4v) is 1.68. The van der Waals surface area contributed by atoms with Crippen LogP contribution in [0.1, 0.15) is 40.5 Å². The monoisotopic (exact) mass is 235 g/mol. The van der Waals surface area contributed by atoms with E-state index in [1.807, 2.05) is 0 Å². The molecule has 0 bridgehead atoms. The average molecular weight is 236 g/mol. The van der Waals surface area contributed by atoms with Gasteiger partial charge in [0.25, 0.3) is 0 Å². The van der Waals surface area contributed by atoms with Gasteiger partial charge in [-0.2, -0.15) is 0 Å². The summed E-state index contributed by atoms with van der Waals surface area (Å²) in [5.74, 6) is 1.36. The van der Waals surface area contributed by atoms with Gasteiger partial charge in [0.1, 0.15) is 0 Å². The first-order chi connectivity index (χ1) is 6.93. The Morgan fingerprint density at radius 3 is 2.33 bits per heavy atom. The molecule has 15 heavy (non-hydrogen) atoms. The second kappa shape index (κ2) is 7.48. The smallest absolute Gasteiger partial charge is 0.0634 e. The molecule has 0 saturated heterocycles. The number of hydrogen-bond donors (Lipinski definition) is 1. The lowest BCUT2D eigenvalue weighted by molar-refractivity contribution is 0.0150. The topological polar surface area (TPSA) is 21.3 Å². The normalized spacial score (nSPS) is 14.6. The van der Waals surface area contributed by atoms with Gasteiger partial charge in [0.15, 0.2) is 0 Å². The van der Waals surface area contributed by atoms with E-state index in [-0.39, 0.29) is 5.60 Å². The summed E-state index contributed by atoms with van der Waals surface area (Å²) in [6, 6.07) is 0.523. The zero-order valence-electron chi connectivity index (χ0n) is 10.8. The van der Waals surface area contributed by atoms with E-state index in [9.17, 15) is 0 Å². The van der Waals surface area contributed by atoms with Crippen molar-refractivity contribution in [2.45, 2.75) is 52.2 Å². The lowest BCUT2D eigenvalue weighted by Crippen LogP contribution is -2.38. The van der Waals surface area contributed by atoms with Crippen LogP contribution >= 0.6 is 11.6 Å². The number of nitrogens with one attached hydrogen (secondary N) is 1. The Morgan fingerprint density at radius 2 is 1.93 bits per heavy atom. The minimum atomic E-state index is -0.0322. The van der Waals surface area contributed by atoms with Crippen molar-refractivity contribution in [1.29, 1.82) is 0 Å². The molecule has 0 fully saturated rings. The summed E-state index contributed by atoms with van der Waals surface area (Å²) in [6.45, 7) is 9.67. The minimum Gasteiger partial charge on any atom is -0.379 e. The maximum atomic E-state index is 5.77. The molecule has 0 aliphatic heterocycles.